The van der Waals surface area contributed by atoms with Crippen molar-refractivity contribution in [3.05, 3.63) is 34.9 Å². The van der Waals surface area contributed by atoms with Crippen molar-refractivity contribution in [1.82, 2.24) is 0 Å². The Labute approximate surface area is 75.6 Å². The molecule has 0 aliphatic heterocycles. The predicted molar refractivity (Wildman–Crippen MR) is 46.3 cm³/mol. The molecule has 66 valence electrons. The van der Waals surface area contributed by atoms with Crippen LogP contribution in [-0.2, 0) is 0 Å². The summed E-state index contributed by atoms with van der Waals surface area (Å²) in [5.74, 6) is 1.43. The maximum Gasteiger partial charge on any atom is 0.130 e. The summed E-state index contributed by atoms with van der Waals surface area (Å²) in [7, 11) is 0. The topological polar surface area (TPSA) is 0 Å². The quantitative estimate of drug-likeness (QED) is 0.580. The maximum atomic E-state index is 13.3. The standard InChI is InChI=1S/C11H8F2/c1-2-7-5-9(12)6-10(13)11(7)8-3-4-8/h1,5-6,8H,3-4H2. The second-order valence-electron chi connectivity index (χ2n) is 3.27. The summed E-state index contributed by atoms with van der Waals surface area (Å²) in [4.78, 5) is 0. The Hall–Kier alpha value is -1.36. The minimum atomic E-state index is -0.602. The lowest BCUT2D eigenvalue weighted by atomic mass is 10.0. The Balaban J connectivity index is 2.58. The molecule has 0 aromatic heterocycles. The largest absolute Gasteiger partial charge is 0.207 e. The molecule has 0 saturated heterocycles. The van der Waals surface area contributed by atoms with E-state index in [-0.39, 0.29) is 5.92 Å². The first-order valence-electron chi connectivity index (χ1n) is 4.18. The molecule has 0 N–H and O–H groups in total. The first kappa shape index (κ1) is 8.25. The van der Waals surface area contributed by atoms with Crippen LogP contribution in [0.15, 0.2) is 12.1 Å². The molecule has 0 bridgehead atoms. The molecule has 2 heteroatoms. The molecule has 1 saturated carbocycles. The van der Waals surface area contributed by atoms with E-state index in [4.69, 9.17) is 6.42 Å². The maximum absolute atomic E-state index is 13.3. The van der Waals surface area contributed by atoms with Crippen molar-refractivity contribution in [3.63, 3.8) is 0 Å². The third-order valence-electron chi connectivity index (χ3n) is 2.24. The SMILES string of the molecule is C#Cc1cc(F)cc(F)c1C1CC1. The van der Waals surface area contributed by atoms with Gasteiger partial charge in [0, 0.05) is 17.2 Å². The first-order chi connectivity index (χ1) is 6.22. The van der Waals surface area contributed by atoms with Gasteiger partial charge in [0.15, 0.2) is 0 Å². The minimum Gasteiger partial charge on any atom is -0.207 e. The van der Waals surface area contributed by atoms with Gasteiger partial charge < -0.3 is 0 Å². The van der Waals surface area contributed by atoms with Crippen LogP contribution in [0, 0.1) is 24.0 Å². The van der Waals surface area contributed by atoms with E-state index in [1.807, 2.05) is 0 Å². The van der Waals surface area contributed by atoms with Gasteiger partial charge in [-0.3, -0.25) is 0 Å². The zero-order valence-electron chi connectivity index (χ0n) is 6.98. The van der Waals surface area contributed by atoms with Gasteiger partial charge in [0.25, 0.3) is 0 Å². The number of benzene rings is 1. The highest BCUT2D eigenvalue weighted by atomic mass is 19.1. The highest BCUT2D eigenvalue weighted by Crippen LogP contribution is 2.42. The van der Waals surface area contributed by atoms with Crippen molar-refractivity contribution in [2.24, 2.45) is 0 Å². The first-order valence-corrected chi connectivity index (χ1v) is 4.18. The van der Waals surface area contributed by atoms with Gasteiger partial charge in [-0.05, 0) is 24.8 Å². The van der Waals surface area contributed by atoms with Crippen molar-refractivity contribution in [1.29, 1.82) is 0 Å². The summed E-state index contributed by atoms with van der Waals surface area (Å²) in [6.45, 7) is 0. The molecule has 0 spiro atoms. The number of hydrogen-bond acceptors (Lipinski definition) is 0. The molecule has 0 nitrogen and oxygen atoms in total. The van der Waals surface area contributed by atoms with Gasteiger partial charge in [0.1, 0.15) is 11.6 Å². The highest BCUT2D eigenvalue weighted by molar-refractivity contribution is 5.44. The molecule has 1 aliphatic rings. The van der Waals surface area contributed by atoms with Gasteiger partial charge in [0.2, 0.25) is 0 Å². The summed E-state index contributed by atoms with van der Waals surface area (Å²) >= 11 is 0. The van der Waals surface area contributed by atoms with Crippen LogP contribution < -0.4 is 0 Å². The van der Waals surface area contributed by atoms with E-state index in [1.54, 1.807) is 0 Å². The zero-order chi connectivity index (χ0) is 9.42. The molecule has 0 radical (unpaired) electrons. The lowest BCUT2D eigenvalue weighted by Gasteiger charge is -2.04. The summed E-state index contributed by atoms with van der Waals surface area (Å²) < 4.78 is 26.0. The number of rotatable bonds is 1. The fraction of sp³-hybridized carbons (Fsp3) is 0.273. The molecule has 13 heavy (non-hydrogen) atoms. The van der Waals surface area contributed by atoms with E-state index >= 15 is 0 Å². The molecule has 0 atom stereocenters. The lowest BCUT2D eigenvalue weighted by Crippen LogP contribution is -1.94. The third kappa shape index (κ3) is 1.42. The minimum absolute atomic E-state index is 0.214. The van der Waals surface area contributed by atoms with Gasteiger partial charge in [-0.2, -0.15) is 0 Å². The highest BCUT2D eigenvalue weighted by Gasteiger charge is 2.29. The number of hydrogen-bond donors (Lipinski definition) is 0. The molecule has 2 rings (SSSR count). The van der Waals surface area contributed by atoms with E-state index in [9.17, 15) is 8.78 Å². The van der Waals surface area contributed by atoms with Gasteiger partial charge in [-0.1, -0.05) is 5.92 Å². The van der Waals surface area contributed by atoms with E-state index in [0.717, 1.165) is 18.9 Å². The van der Waals surface area contributed by atoms with E-state index in [0.29, 0.717) is 11.1 Å². The number of halogens is 2. The van der Waals surface area contributed by atoms with Crippen LogP contribution >= 0.6 is 0 Å². The van der Waals surface area contributed by atoms with Crippen LogP contribution in [0.25, 0.3) is 0 Å². The molecule has 0 unspecified atom stereocenters. The van der Waals surface area contributed by atoms with Crippen LogP contribution in [-0.4, -0.2) is 0 Å². The average molecular weight is 178 g/mol. The monoisotopic (exact) mass is 178 g/mol. The summed E-state index contributed by atoms with van der Waals surface area (Å²) in [5, 5.41) is 0. The van der Waals surface area contributed by atoms with E-state index < -0.39 is 11.6 Å². The van der Waals surface area contributed by atoms with Crippen molar-refractivity contribution in [3.8, 4) is 12.3 Å². The number of terminal acetylenes is 1. The normalized spacial score (nSPS) is 15.5. The smallest absolute Gasteiger partial charge is 0.130 e. The average Bonchev–Trinajstić information content (AvgIpc) is 2.86. The van der Waals surface area contributed by atoms with Crippen molar-refractivity contribution in [2.45, 2.75) is 18.8 Å². The van der Waals surface area contributed by atoms with Crippen molar-refractivity contribution in [2.75, 3.05) is 0 Å². The molecular formula is C11H8F2. The van der Waals surface area contributed by atoms with Gasteiger partial charge in [-0.25, -0.2) is 8.78 Å². The Morgan fingerprint density at radius 3 is 2.54 bits per heavy atom. The molecule has 0 amide bonds. The third-order valence-corrected chi connectivity index (χ3v) is 2.24. The van der Waals surface area contributed by atoms with Gasteiger partial charge in [-0.15, -0.1) is 6.42 Å². The van der Waals surface area contributed by atoms with Crippen molar-refractivity contribution < 1.29 is 8.78 Å². The van der Waals surface area contributed by atoms with Crippen LogP contribution in [0.5, 0.6) is 0 Å². The summed E-state index contributed by atoms with van der Waals surface area (Å²) in [5.41, 5.74) is 0.879. The Morgan fingerprint density at radius 1 is 1.31 bits per heavy atom. The Morgan fingerprint density at radius 2 is 2.00 bits per heavy atom. The fourth-order valence-electron chi connectivity index (χ4n) is 1.49. The van der Waals surface area contributed by atoms with Crippen LogP contribution in [0.3, 0.4) is 0 Å². The second-order valence-corrected chi connectivity index (χ2v) is 3.27. The van der Waals surface area contributed by atoms with Gasteiger partial charge >= 0.3 is 0 Å². The molecule has 1 aromatic carbocycles. The lowest BCUT2D eigenvalue weighted by molar-refractivity contribution is 0.572. The second kappa shape index (κ2) is 2.85. The fourth-order valence-corrected chi connectivity index (χ4v) is 1.49. The molecule has 1 aromatic rings. The van der Waals surface area contributed by atoms with Gasteiger partial charge in [0.05, 0.1) is 0 Å². The molecular weight excluding hydrogens is 170 g/mol. The van der Waals surface area contributed by atoms with E-state index in [2.05, 4.69) is 5.92 Å². The molecule has 1 aliphatic carbocycles. The van der Waals surface area contributed by atoms with E-state index in [1.165, 1.54) is 6.07 Å². The summed E-state index contributed by atoms with van der Waals surface area (Å²) in [6, 6.07) is 2.12. The van der Waals surface area contributed by atoms with Crippen LogP contribution in [0.1, 0.15) is 29.9 Å². The van der Waals surface area contributed by atoms with Crippen LogP contribution in [0.2, 0.25) is 0 Å². The molecule has 1 fully saturated rings. The predicted octanol–water partition coefficient (Wildman–Crippen LogP) is 2.82. The summed E-state index contributed by atoms with van der Waals surface area (Å²) in [6.07, 6.45) is 7.08. The Kier molecular flexibility index (Phi) is 1.81. The Bertz CT molecular complexity index is 384. The van der Waals surface area contributed by atoms with Crippen LogP contribution in [0.4, 0.5) is 8.78 Å². The zero-order valence-corrected chi connectivity index (χ0v) is 6.98. The molecule has 0 heterocycles. The van der Waals surface area contributed by atoms with Crippen molar-refractivity contribution >= 4 is 0 Å².